The summed E-state index contributed by atoms with van der Waals surface area (Å²) in [5.41, 5.74) is 5.79. The number of benzene rings is 1. The first kappa shape index (κ1) is 12.2. The van der Waals surface area contributed by atoms with Gasteiger partial charge in [-0.25, -0.2) is 8.42 Å². The maximum atomic E-state index is 11.1. The van der Waals surface area contributed by atoms with Crippen LogP contribution < -0.4 is 5.73 Å². The normalized spacial score (nSPS) is 11.3. The van der Waals surface area contributed by atoms with Gasteiger partial charge >= 0.3 is 0 Å². The van der Waals surface area contributed by atoms with Crippen LogP contribution in [0.25, 0.3) is 0 Å². The summed E-state index contributed by atoms with van der Waals surface area (Å²) in [7, 11) is -3.18. The van der Waals surface area contributed by atoms with Gasteiger partial charge in [-0.2, -0.15) is 0 Å². The van der Waals surface area contributed by atoms with Crippen molar-refractivity contribution in [3.63, 3.8) is 0 Å². The molecule has 0 heterocycles. The second kappa shape index (κ2) is 4.32. The van der Waals surface area contributed by atoms with Crippen molar-refractivity contribution in [2.24, 2.45) is 5.73 Å². The monoisotopic (exact) mass is 291 g/mol. The fraction of sp³-hybridized carbons (Fsp3) is 0.222. The Bertz CT molecular complexity index is 496. The molecule has 0 aliphatic rings. The molecule has 0 aromatic heterocycles. The molecule has 0 saturated heterocycles. The Morgan fingerprint density at radius 3 is 2.53 bits per heavy atom. The smallest absolute Gasteiger partial charge is 0.249 e. The summed E-state index contributed by atoms with van der Waals surface area (Å²) in [4.78, 5) is 11.0. The Morgan fingerprint density at radius 1 is 1.47 bits per heavy atom. The average molecular weight is 292 g/mol. The molecule has 1 rings (SSSR count). The molecule has 0 fully saturated rings. The van der Waals surface area contributed by atoms with E-state index in [0.717, 1.165) is 6.26 Å². The molecule has 1 aromatic rings. The Labute approximate surface area is 96.5 Å². The van der Waals surface area contributed by atoms with Crippen LogP contribution >= 0.6 is 15.9 Å². The van der Waals surface area contributed by atoms with Gasteiger partial charge in [-0.05, 0) is 23.8 Å². The molecule has 0 saturated carbocycles. The predicted molar refractivity (Wildman–Crippen MR) is 61.2 cm³/mol. The molecular formula is C9H10BrNO3S. The Hall–Kier alpha value is -0.880. The van der Waals surface area contributed by atoms with Crippen LogP contribution in [0.4, 0.5) is 0 Å². The van der Waals surface area contributed by atoms with Crippen LogP contribution in [0.2, 0.25) is 0 Å². The van der Waals surface area contributed by atoms with Crippen LogP contribution in [0.1, 0.15) is 15.9 Å². The van der Waals surface area contributed by atoms with Crippen LogP contribution in [0, 0.1) is 0 Å². The molecule has 2 N–H and O–H groups in total. The van der Waals surface area contributed by atoms with E-state index in [1.807, 2.05) is 0 Å². The number of primary amides is 1. The van der Waals surface area contributed by atoms with Gasteiger partial charge in [-0.3, -0.25) is 4.79 Å². The van der Waals surface area contributed by atoms with Gasteiger partial charge in [0.05, 0.1) is 5.75 Å². The molecule has 1 aromatic carbocycles. The minimum atomic E-state index is -3.18. The third kappa shape index (κ3) is 3.64. The highest BCUT2D eigenvalue weighted by Crippen LogP contribution is 2.18. The average Bonchev–Trinajstić information content (AvgIpc) is 1.99. The number of hydrogen-bond acceptors (Lipinski definition) is 3. The van der Waals surface area contributed by atoms with Gasteiger partial charge in [0.2, 0.25) is 5.91 Å². The molecule has 4 nitrogen and oxygen atoms in total. The number of amides is 1. The van der Waals surface area contributed by atoms with Gasteiger partial charge in [0, 0.05) is 16.3 Å². The molecule has 0 atom stereocenters. The lowest BCUT2D eigenvalue weighted by Crippen LogP contribution is -2.15. The van der Waals surface area contributed by atoms with Gasteiger partial charge in [0.25, 0.3) is 0 Å². The van der Waals surface area contributed by atoms with Crippen molar-refractivity contribution in [1.29, 1.82) is 0 Å². The van der Waals surface area contributed by atoms with Crippen molar-refractivity contribution < 1.29 is 13.2 Å². The van der Waals surface area contributed by atoms with Crippen molar-refractivity contribution in [2.45, 2.75) is 5.75 Å². The minimum Gasteiger partial charge on any atom is -0.366 e. The summed E-state index contributed by atoms with van der Waals surface area (Å²) in [5, 5.41) is 0. The Morgan fingerprint density at radius 2 is 2.07 bits per heavy atom. The zero-order chi connectivity index (χ0) is 11.6. The van der Waals surface area contributed by atoms with E-state index in [-0.39, 0.29) is 11.3 Å². The number of carbonyl (C=O) groups is 1. The molecule has 82 valence electrons. The standard InChI is InChI=1S/C9H10BrNO3S/c1-15(13,14)5-6-4-7(10)2-3-8(6)9(11)12/h2-4H,5H2,1H3,(H2,11,12). The van der Waals surface area contributed by atoms with E-state index >= 15 is 0 Å². The van der Waals surface area contributed by atoms with Gasteiger partial charge in [-0.1, -0.05) is 15.9 Å². The van der Waals surface area contributed by atoms with E-state index < -0.39 is 15.7 Å². The van der Waals surface area contributed by atoms with Crippen molar-refractivity contribution in [2.75, 3.05) is 6.26 Å². The number of rotatable bonds is 3. The summed E-state index contributed by atoms with van der Waals surface area (Å²) in [6.07, 6.45) is 1.11. The van der Waals surface area contributed by atoms with E-state index in [0.29, 0.717) is 10.0 Å². The van der Waals surface area contributed by atoms with Crippen LogP contribution in [-0.4, -0.2) is 20.6 Å². The lowest BCUT2D eigenvalue weighted by Gasteiger charge is -2.05. The number of halogens is 1. The van der Waals surface area contributed by atoms with E-state index in [2.05, 4.69) is 15.9 Å². The van der Waals surface area contributed by atoms with Crippen LogP contribution in [-0.2, 0) is 15.6 Å². The van der Waals surface area contributed by atoms with Crippen LogP contribution in [0.5, 0.6) is 0 Å². The SMILES string of the molecule is CS(=O)(=O)Cc1cc(Br)ccc1C(N)=O. The summed E-state index contributed by atoms with van der Waals surface area (Å²) in [6, 6.07) is 4.74. The highest BCUT2D eigenvalue weighted by atomic mass is 79.9. The quantitative estimate of drug-likeness (QED) is 0.906. The molecule has 0 spiro atoms. The first-order chi connectivity index (χ1) is 6.79. The maximum Gasteiger partial charge on any atom is 0.249 e. The topological polar surface area (TPSA) is 77.2 Å². The number of nitrogens with two attached hydrogens (primary N) is 1. The summed E-state index contributed by atoms with van der Waals surface area (Å²) in [5.74, 6) is -0.814. The Balaban J connectivity index is 3.25. The number of sulfone groups is 1. The molecule has 15 heavy (non-hydrogen) atoms. The summed E-state index contributed by atoms with van der Waals surface area (Å²) in [6.45, 7) is 0. The molecule has 0 radical (unpaired) electrons. The lowest BCUT2D eigenvalue weighted by atomic mass is 10.1. The molecule has 1 amide bonds. The molecule has 0 aliphatic heterocycles. The van der Waals surface area contributed by atoms with Gasteiger partial charge < -0.3 is 5.73 Å². The second-order valence-electron chi connectivity index (χ2n) is 3.24. The van der Waals surface area contributed by atoms with Gasteiger partial charge in [-0.15, -0.1) is 0 Å². The first-order valence-electron chi connectivity index (χ1n) is 4.05. The second-order valence-corrected chi connectivity index (χ2v) is 6.29. The fourth-order valence-electron chi connectivity index (χ4n) is 1.20. The molecule has 6 heteroatoms. The van der Waals surface area contributed by atoms with E-state index in [9.17, 15) is 13.2 Å². The minimum absolute atomic E-state index is 0.190. The van der Waals surface area contributed by atoms with E-state index in [1.54, 1.807) is 12.1 Å². The predicted octanol–water partition coefficient (Wildman–Crippen LogP) is 1.09. The third-order valence-electron chi connectivity index (χ3n) is 1.75. The van der Waals surface area contributed by atoms with Crippen molar-refractivity contribution in [3.05, 3.63) is 33.8 Å². The zero-order valence-corrected chi connectivity index (χ0v) is 10.4. The van der Waals surface area contributed by atoms with Crippen molar-refractivity contribution in [1.82, 2.24) is 0 Å². The fourth-order valence-corrected chi connectivity index (χ4v) is 2.42. The third-order valence-corrected chi connectivity index (χ3v) is 3.08. The first-order valence-corrected chi connectivity index (χ1v) is 6.91. The molecule has 0 unspecified atom stereocenters. The van der Waals surface area contributed by atoms with Crippen LogP contribution in [0.15, 0.2) is 22.7 Å². The molecular weight excluding hydrogens is 282 g/mol. The van der Waals surface area contributed by atoms with E-state index in [4.69, 9.17) is 5.73 Å². The zero-order valence-electron chi connectivity index (χ0n) is 8.03. The van der Waals surface area contributed by atoms with Crippen molar-refractivity contribution >= 4 is 31.7 Å². The van der Waals surface area contributed by atoms with Gasteiger partial charge in [0.15, 0.2) is 9.84 Å². The van der Waals surface area contributed by atoms with Crippen molar-refractivity contribution in [3.8, 4) is 0 Å². The Kier molecular flexibility index (Phi) is 3.51. The van der Waals surface area contributed by atoms with E-state index in [1.165, 1.54) is 6.07 Å². The number of hydrogen-bond donors (Lipinski definition) is 1. The van der Waals surface area contributed by atoms with Gasteiger partial charge in [0.1, 0.15) is 0 Å². The maximum absolute atomic E-state index is 11.1. The molecule has 0 aliphatic carbocycles. The summed E-state index contributed by atoms with van der Waals surface area (Å²) < 4.78 is 23.0. The highest BCUT2D eigenvalue weighted by molar-refractivity contribution is 9.10. The lowest BCUT2D eigenvalue weighted by molar-refractivity contribution is 0.0999. The molecule has 0 bridgehead atoms. The van der Waals surface area contributed by atoms with Crippen LogP contribution in [0.3, 0.4) is 0 Å². The largest absolute Gasteiger partial charge is 0.366 e. The summed E-state index contributed by atoms with van der Waals surface area (Å²) >= 11 is 3.21. The number of carbonyl (C=O) groups excluding carboxylic acids is 1. The highest BCUT2D eigenvalue weighted by Gasteiger charge is 2.13.